The number of aliphatic imine (C=N–C) groups is 1. The molecule has 0 unspecified atom stereocenters. The van der Waals surface area contributed by atoms with Gasteiger partial charge in [0.2, 0.25) is 0 Å². The molecule has 18 heavy (non-hydrogen) atoms. The average Bonchev–Trinajstić information content (AvgIpc) is 2.90. The molecule has 0 saturated heterocycles. The Kier molecular flexibility index (Phi) is 1.94. The van der Waals surface area contributed by atoms with Crippen LogP contribution in [0, 0.1) is 0 Å². The van der Waals surface area contributed by atoms with Gasteiger partial charge in [0.1, 0.15) is 17.1 Å². The van der Waals surface area contributed by atoms with Crippen LogP contribution in [0.25, 0.3) is 0 Å². The molecule has 6 heteroatoms. The highest BCUT2D eigenvalue weighted by molar-refractivity contribution is 7.16. The Bertz CT molecular complexity index is 616. The second-order valence-corrected chi connectivity index (χ2v) is 5.85. The summed E-state index contributed by atoms with van der Waals surface area (Å²) in [6, 6.07) is 0. The summed E-state index contributed by atoms with van der Waals surface area (Å²) in [6.45, 7) is 1.72. The van der Waals surface area contributed by atoms with E-state index in [4.69, 9.17) is 0 Å². The van der Waals surface area contributed by atoms with Gasteiger partial charge in [-0.3, -0.25) is 4.79 Å². The van der Waals surface area contributed by atoms with Crippen molar-refractivity contribution in [3.63, 3.8) is 0 Å². The van der Waals surface area contributed by atoms with Crippen molar-refractivity contribution in [1.82, 2.24) is 10.3 Å². The highest BCUT2D eigenvalue weighted by atomic mass is 32.1. The minimum Gasteiger partial charge on any atom is -0.325 e. The van der Waals surface area contributed by atoms with Crippen molar-refractivity contribution in [3.05, 3.63) is 16.0 Å². The lowest BCUT2D eigenvalue weighted by Gasteiger charge is -2.33. The van der Waals surface area contributed by atoms with Crippen molar-refractivity contribution in [1.29, 1.82) is 0 Å². The number of carbonyl (C=O) groups is 1. The lowest BCUT2D eigenvalue weighted by Crippen LogP contribution is -2.47. The number of amides is 1. The second kappa shape index (κ2) is 3.41. The van der Waals surface area contributed by atoms with Gasteiger partial charge in [-0.1, -0.05) is 0 Å². The quantitative estimate of drug-likeness (QED) is 0.772. The van der Waals surface area contributed by atoms with Crippen molar-refractivity contribution in [2.24, 2.45) is 10.1 Å². The van der Waals surface area contributed by atoms with E-state index in [1.54, 1.807) is 29.6 Å². The van der Waals surface area contributed by atoms with Crippen LogP contribution in [0.15, 0.2) is 10.1 Å². The molecule has 0 saturated carbocycles. The third-order valence-corrected chi connectivity index (χ3v) is 4.85. The summed E-state index contributed by atoms with van der Waals surface area (Å²) < 4.78 is 0. The fraction of sp³-hybridized carbons (Fsp3) is 0.417. The molecule has 0 radical (unpaired) electrons. The first-order valence-electron chi connectivity index (χ1n) is 6.07. The highest BCUT2D eigenvalue weighted by Gasteiger charge is 2.36. The first-order valence-corrected chi connectivity index (χ1v) is 6.89. The molecule has 1 N–H and O–H groups in total. The topological polar surface area (TPSA) is 57.1 Å². The van der Waals surface area contributed by atoms with E-state index in [1.165, 1.54) is 22.4 Å². The number of nitrogens with one attached hydrogen (secondary N) is 1. The van der Waals surface area contributed by atoms with E-state index in [2.05, 4.69) is 15.4 Å². The fourth-order valence-electron chi connectivity index (χ4n) is 2.77. The summed E-state index contributed by atoms with van der Waals surface area (Å²) in [5, 5.41) is 10.1. The van der Waals surface area contributed by atoms with Gasteiger partial charge in [-0.15, -0.1) is 11.3 Å². The molecule has 1 aromatic rings. The van der Waals surface area contributed by atoms with Crippen molar-refractivity contribution < 1.29 is 4.79 Å². The minimum atomic E-state index is -0.160. The highest BCUT2D eigenvalue weighted by Crippen LogP contribution is 2.46. The Morgan fingerprint density at radius 2 is 2.39 bits per heavy atom. The van der Waals surface area contributed by atoms with Gasteiger partial charge in [0.25, 0.3) is 5.91 Å². The molecule has 4 rings (SSSR count). The van der Waals surface area contributed by atoms with Crippen LogP contribution in [0.4, 0.5) is 5.00 Å². The molecule has 3 aliphatic rings. The monoisotopic (exact) mass is 260 g/mol. The van der Waals surface area contributed by atoms with Gasteiger partial charge in [-0.2, -0.15) is 5.10 Å². The molecule has 0 fully saturated rings. The van der Waals surface area contributed by atoms with Crippen molar-refractivity contribution in [2.75, 3.05) is 0 Å². The molecule has 3 heterocycles. The zero-order chi connectivity index (χ0) is 12.3. The third-order valence-electron chi connectivity index (χ3n) is 3.64. The van der Waals surface area contributed by atoms with Crippen LogP contribution in [0.5, 0.6) is 0 Å². The largest absolute Gasteiger partial charge is 0.325 e. The predicted molar refractivity (Wildman–Crippen MR) is 70.3 cm³/mol. The van der Waals surface area contributed by atoms with Gasteiger partial charge in [-0.25, -0.2) is 10.0 Å². The van der Waals surface area contributed by atoms with Gasteiger partial charge in [0.05, 0.1) is 0 Å². The summed E-state index contributed by atoms with van der Waals surface area (Å²) >= 11 is 1.76. The van der Waals surface area contributed by atoms with E-state index in [1.807, 2.05) is 0 Å². The van der Waals surface area contributed by atoms with E-state index < -0.39 is 0 Å². The maximum absolute atomic E-state index is 11.8. The Balaban J connectivity index is 1.87. The number of hydrazone groups is 1. The first-order chi connectivity index (χ1) is 8.74. The smallest absolute Gasteiger partial charge is 0.269 e. The van der Waals surface area contributed by atoms with Gasteiger partial charge in [-0.05, 0) is 31.7 Å². The summed E-state index contributed by atoms with van der Waals surface area (Å²) in [4.78, 5) is 17.7. The molecule has 1 amide bonds. The molecule has 92 valence electrons. The molecule has 2 aliphatic heterocycles. The Labute approximate surface area is 108 Å². The van der Waals surface area contributed by atoms with Crippen molar-refractivity contribution >= 4 is 34.3 Å². The zero-order valence-corrected chi connectivity index (χ0v) is 10.8. The lowest BCUT2D eigenvalue weighted by atomic mass is 10.1. The molecule has 0 bridgehead atoms. The molecule has 1 atom stereocenters. The summed E-state index contributed by atoms with van der Waals surface area (Å²) in [7, 11) is 0. The van der Waals surface area contributed by atoms with Crippen LogP contribution >= 0.6 is 11.3 Å². The molecule has 1 aromatic heterocycles. The predicted octanol–water partition coefficient (Wildman–Crippen LogP) is 1.72. The van der Waals surface area contributed by atoms with Gasteiger partial charge < -0.3 is 5.32 Å². The second-order valence-electron chi connectivity index (χ2n) is 4.76. The number of hydrogen-bond acceptors (Lipinski definition) is 5. The molecular formula is C12H12N4OS. The fourth-order valence-corrected chi connectivity index (χ4v) is 4.03. The number of aryl methyl sites for hydroxylation is 1. The number of rotatable bonds is 0. The van der Waals surface area contributed by atoms with E-state index >= 15 is 0 Å². The third kappa shape index (κ3) is 1.23. The van der Waals surface area contributed by atoms with Crippen LogP contribution in [-0.4, -0.2) is 23.0 Å². The van der Waals surface area contributed by atoms with Crippen LogP contribution in [0.3, 0.4) is 0 Å². The van der Waals surface area contributed by atoms with Crippen LogP contribution < -0.4 is 5.32 Å². The van der Waals surface area contributed by atoms with E-state index in [0.717, 1.165) is 17.8 Å². The van der Waals surface area contributed by atoms with Crippen LogP contribution in [0.1, 0.15) is 35.5 Å². The maximum Gasteiger partial charge on any atom is 0.269 e. The van der Waals surface area contributed by atoms with Crippen molar-refractivity contribution in [2.45, 2.75) is 32.4 Å². The standard InChI is InChI=1S/C12H12N4OS/c1-6-11(17)14-10-9-7-3-2-4-8(7)18-12(9)13-5-16(10)15-6/h5,10H,2-4H2,1H3,(H,14,17)/t10-/m1/s1. The normalized spacial score (nSPS) is 24.3. The molecule has 5 nitrogen and oxygen atoms in total. The summed E-state index contributed by atoms with van der Waals surface area (Å²) in [6.07, 6.45) is 5.00. The Hall–Kier alpha value is -1.69. The summed E-state index contributed by atoms with van der Waals surface area (Å²) in [5.41, 5.74) is 3.03. The SMILES string of the molecule is CC1=NN2C=Nc3sc4c(c3[C@@H]2NC1=O)CCC4. The molecule has 0 aromatic carbocycles. The Morgan fingerprint density at radius 1 is 1.50 bits per heavy atom. The minimum absolute atomic E-state index is 0.0875. The number of carbonyl (C=O) groups excluding carboxylic acids is 1. The molecule has 0 spiro atoms. The van der Waals surface area contributed by atoms with Crippen LogP contribution in [0.2, 0.25) is 0 Å². The number of thiophene rings is 1. The van der Waals surface area contributed by atoms with E-state index in [-0.39, 0.29) is 12.1 Å². The van der Waals surface area contributed by atoms with E-state index in [0.29, 0.717) is 5.71 Å². The van der Waals surface area contributed by atoms with Crippen molar-refractivity contribution in [3.8, 4) is 0 Å². The molecule has 1 aliphatic carbocycles. The number of nitrogens with zero attached hydrogens (tertiary/aromatic N) is 3. The van der Waals surface area contributed by atoms with E-state index in [9.17, 15) is 4.79 Å². The lowest BCUT2D eigenvalue weighted by molar-refractivity contribution is -0.117. The number of hydrogen-bond donors (Lipinski definition) is 1. The van der Waals surface area contributed by atoms with Crippen LogP contribution in [-0.2, 0) is 17.6 Å². The van der Waals surface area contributed by atoms with Gasteiger partial charge in [0.15, 0.2) is 6.17 Å². The van der Waals surface area contributed by atoms with Gasteiger partial charge in [0, 0.05) is 10.4 Å². The molecular weight excluding hydrogens is 248 g/mol. The number of fused-ring (bicyclic) bond motifs is 5. The van der Waals surface area contributed by atoms with Gasteiger partial charge >= 0.3 is 0 Å². The summed E-state index contributed by atoms with van der Waals surface area (Å²) in [5.74, 6) is -0.0875. The average molecular weight is 260 g/mol. The zero-order valence-electron chi connectivity index (χ0n) is 9.93. The first kappa shape index (κ1) is 10.3. The maximum atomic E-state index is 11.8. The Morgan fingerprint density at radius 3 is 3.28 bits per heavy atom.